The van der Waals surface area contributed by atoms with Crippen molar-refractivity contribution < 1.29 is 14.0 Å². The van der Waals surface area contributed by atoms with Gasteiger partial charge in [-0.05, 0) is 37.1 Å². The molecule has 138 valence electrons. The molecule has 0 aliphatic carbocycles. The smallest absolute Gasteiger partial charge is 0.322 e. The minimum Gasteiger partial charge on any atom is -0.423 e. The van der Waals surface area contributed by atoms with E-state index in [1.807, 2.05) is 32.0 Å². The van der Waals surface area contributed by atoms with E-state index < -0.39 is 0 Å². The minimum absolute atomic E-state index is 0.149. The van der Waals surface area contributed by atoms with Gasteiger partial charge in [0.25, 0.3) is 0 Å². The van der Waals surface area contributed by atoms with Crippen LogP contribution in [-0.2, 0) is 17.8 Å². The van der Waals surface area contributed by atoms with Crippen molar-refractivity contribution in [1.29, 1.82) is 0 Å². The molecule has 0 spiro atoms. The highest BCUT2D eigenvalue weighted by Gasteiger charge is 2.23. The van der Waals surface area contributed by atoms with Crippen molar-refractivity contribution in [2.45, 2.75) is 39.7 Å². The fourth-order valence-corrected chi connectivity index (χ4v) is 2.93. The molecule has 1 aromatic heterocycles. The Balaban J connectivity index is 1.63. The fraction of sp³-hybridized carbons (Fsp3) is 0.444. The molecule has 1 aliphatic heterocycles. The predicted molar refractivity (Wildman–Crippen MR) is 96.9 cm³/mol. The van der Waals surface area contributed by atoms with Crippen LogP contribution in [0.3, 0.4) is 0 Å². The normalized spacial score (nSPS) is 14.0. The van der Waals surface area contributed by atoms with Gasteiger partial charge in [-0.3, -0.25) is 4.79 Å². The maximum atomic E-state index is 12.4. The monoisotopic (exact) mass is 357 g/mol. The molecule has 0 bridgehead atoms. The summed E-state index contributed by atoms with van der Waals surface area (Å²) in [6, 6.07) is 5.28. The van der Waals surface area contributed by atoms with Crippen LogP contribution in [0.1, 0.15) is 37.1 Å². The van der Waals surface area contributed by atoms with Crippen molar-refractivity contribution in [3.63, 3.8) is 0 Å². The molecule has 26 heavy (non-hydrogen) atoms. The second-order valence-electron chi connectivity index (χ2n) is 6.38. The number of carbonyl (C=O) groups excluding carboxylic acids is 2. The van der Waals surface area contributed by atoms with E-state index in [0.717, 1.165) is 24.2 Å². The van der Waals surface area contributed by atoms with E-state index in [-0.39, 0.29) is 18.5 Å². The molecule has 1 N–H and O–H groups in total. The third-order valence-corrected chi connectivity index (χ3v) is 4.34. The molecule has 1 aliphatic rings. The molecular formula is C18H23N5O3. The van der Waals surface area contributed by atoms with Crippen molar-refractivity contribution in [2.24, 2.45) is 0 Å². The summed E-state index contributed by atoms with van der Waals surface area (Å²) in [7, 11) is 1.66. The van der Waals surface area contributed by atoms with Crippen LogP contribution in [-0.4, -0.2) is 40.6 Å². The molecule has 8 heteroatoms. The minimum atomic E-state index is -0.273. The quantitative estimate of drug-likeness (QED) is 0.888. The molecule has 1 fully saturated rings. The topological polar surface area (TPSA) is 91.6 Å². The van der Waals surface area contributed by atoms with Gasteiger partial charge in [-0.25, -0.2) is 4.79 Å². The van der Waals surface area contributed by atoms with Gasteiger partial charge in [0, 0.05) is 37.8 Å². The average Bonchev–Trinajstić information content (AvgIpc) is 3.24. The fourth-order valence-electron chi connectivity index (χ4n) is 2.93. The first-order valence-electron chi connectivity index (χ1n) is 8.72. The Morgan fingerprint density at radius 3 is 2.73 bits per heavy atom. The number of hydrogen-bond acceptors (Lipinski definition) is 5. The Labute approximate surface area is 152 Å². The zero-order valence-electron chi connectivity index (χ0n) is 15.3. The molecule has 2 aromatic rings. The lowest BCUT2D eigenvalue weighted by molar-refractivity contribution is -0.117. The van der Waals surface area contributed by atoms with Gasteiger partial charge in [-0.1, -0.05) is 6.92 Å². The number of hydrogen-bond donors (Lipinski definition) is 1. The highest BCUT2D eigenvalue weighted by atomic mass is 16.4. The van der Waals surface area contributed by atoms with Crippen LogP contribution in [0.15, 0.2) is 22.6 Å². The summed E-state index contributed by atoms with van der Waals surface area (Å²) in [5.41, 5.74) is 2.52. The van der Waals surface area contributed by atoms with Gasteiger partial charge in [0.05, 0.1) is 0 Å². The highest BCUT2D eigenvalue weighted by molar-refractivity contribution is 5.96. The summed E-state index contributed by atoms with van der Waals surface area (Å²) >= 11 is 0. The molecule has 3 amide bonds. The van der Waals surface area contributed by atoms with Crippen LogP contribution in [0.2, 0.25) is 0 Å². The number of carbonyl (C=O) groups is 2. The number of rotatable bonds is 5. The lowest BCUT2D eigenvalue weighted by atomic mass is 10.1. The largest absolute Gasteiger partial charge is 0.423 e. The second kappa shape index (κ2) is 7.55. The van der Waals surface area contributed by atoms with Crippen LogP contribution < -0.4 is 10.2 Å². The van der Waals surface area contributed by atoms with Gasteiger partial charge in [0.1, 0.15) is 6.54 Å². The number of urea groups is 1. The summed E-state index contributed by atoms with van der Waals surface area (Å²) < 4.78 is 5.42. The van der Waals surface area contributed by atoms with E-state index in [9.17, 15) is 9.59 Å². The Morgan fingerprint density at radius 1 is 1.35 bits per heavy atom. The van der Waals surface area contributed by atoms with Crippen molar-refractivity contribution in [1.82, 2.24) is 15.1 Å². The van der Waals surface area contributed by atoms with E-state index >= 15 is 0 Å². The first kappa shape index (κ1) is 17.9. The first-order chi connectivity index (χ1) is 12.5. The lowest BCUT2D eigenvalue weighted by Crippen LogP contribution is -2.31. The van der Waals surface area contributed by atoms with Crippen molar-refractivity contribution in [3.8, 4) is 0 Å². The van der Waals surface area contributed by atoms with Gasteiger partial charge in [0.2, 0.25) is 17.7 Å². The van der Waals surface area contributed by atoms with Gasteiger partial charge in [-0.2, -0.15) is 0 Å². The summed E-state index contributed by atoms with van der Waals surface area (Å²) in [6.07, 6.45) is 2.14. The Kier molecular flexibility index (Phi) is 5.20. The van der Waals surface area contributed by atoms with E-state index in [1.165, 1.54) is 4.90 Å². The number of nitrogens with zero attached hydrogens (tertiary/aromatic N) is 4. The molecule has 3 rings (SSSR count). The summed E-state index contributed by atoms with van der Waals surface area (Å²) in [4.78, 5) is 27.5. The van der Waals surface area contributed by atoms with Gasteiger partial charge < -0.3 is 19.5 Å². The van der Waals surface area contributed by atoms with Crippen LogP contribution in [0.25, 0.3) is 0 Å². The van der Waals surface area contributed by atoms with E-state index in [2.05, 4.69) is 15.5 Å². The van der Waals surface area contributed by atoms with Gasteiger partial charge >= 0.3 is 6.03 Å². The summed E-state index contributed by atoms with van der Waals surface area (Å²) in [5.74, 6) is 1.10. The number of anilines is 2. The molecule has 1 saturated heterocycles. The summed E-state index contributed by atoms with van der Waals surface area (Å²) in [5, 5.41) is 10.7. The number of amides is 3. The van der Waals surface area contributed by atoms with Crippen molar-refractivity contribution >= 4 is 23.3 Å². The molecule has 1 aromatic carbocycles. The average molecular weight is 357 g/mol. The zero-order chi connectivity index (χ0) is 18.7. The predicted octanol–water partition coefficient (Wildman–Crippen LogP) is 2.73. The standard InChI is InChI=1S/C18H23N5O3/c1-4-15-20-21-16(26-15)11-22(3)18(25)19-13-7-8-14(12(2)10-13)23-9-5-6-17(23)24/h7-8,10H,4-6,9,11H2,1-3H3,(H,19,25). The Morgan fingerprint density at radius 2 is 2.12 bits per heavy atom. The van der Waals surface area contributed by atoms with Crippen LogP contribution in [0.4, 0.5) is 16.2 Å². The summed E-state index contributed by atoms with van der Waals surface area (Å²) in [6.45, 7) is 4.84. The maximum Gasteiger partial charge on any atom is 0.322 e. The Bertz CT molecular complexity index is 817. The molecule has 0 radical (unpaired) electrons. The molecule has 2 heterocycles. The number of aryl methyl sites for hydroxylation is 2. The van der Waals surface area contributed by atoms with E-state index in [4.69, 9.17) is 4.42 Å². The van der Waals surface area contributed by atoms with Crippen LogP contribution >= 0.6 is 0 Å². The number of nitrogens with one attached hydrogen (secondary N) is 1. The number of benzene rings is 1. The number of aromatic nitrogens is 2. The van der Waals surface area contributed by atoms with Crippen LogP contribution in [0, 0.1) is 6.92 Å². The van der Waals surface area contributed by atoms with Gasteiger partial charge in [0.15, 0.2) is 0 Å². The molecule has 8 nitrogen and oxygen atoms in total. The lowest BCUT2D eigenvalue weighted by Gasteiger charge is -2.20. The first-order valence-corrected chi connectivity index (χ1v) is 8.72. The van der Waals surface area contributed by atoms with Crippen molar-refractivity contribution in [2.75, 3.05) is 23.8 Å². The SMILES string of the molecule is CCc1nnc(CN(C)C(=O)Nc2ccc(N3CCCC3=O)c(C)c2)o1. The molecule has 0 saturated carbocycles. The van der Waals surface area contributed by atoms with E-state index in [1.54, 1.807) is 11.9 Å². The molecule has 0 atom stereocenters. The third-order valence-electron chi connectivity index (χ3n) is 4.34. The molecule has 0 unspecified atom stereocenters. The third kappa shape index (κ3) is 3.84. The highest BCUT2D eigenvalue weighted by Crippen LogP contribution is 2.27. The Hall–Kier alpha value is -2.90. The molecular weight excluding hydrogens is 334 g/mol. The zero-order valence-corrected chi connectivity index (χ0v) is 15.3. The van der Waals surface area contributed by atoms with E-state index in [0.29, 0.717) is 30.3 Å². The van der Waals surface area contributed by atoms with Gasteiger partial charge in [-0.15, -0.1) is 10.2 Å². The second-order valence-corrected chi connectivity index (χ2v) is 6.38. The van der Waals surface area contributed by atoms with Crippen molar-refractivity contribution in [3.05, 3.63) is 35.5 Å². The maximum absolute atomic E-state index is 12.4. The van der Waals surface area contributed by atoms with Crippen LogP contribution in [0.5, 0.6) is 0 Å².